The fraction of sp³-hybridized carbons (Fsp3) is 0.231. The van der Waals surface area contributed by atoms with Gasteiger partial charge in [0.05, 0.1) is 17.1 Å². The number of nitrogens with zero attached hydrogens (tertiary/aromatic N) is 2. The Morgan fingerprint density at radius 3 is 2.94 bits per heavy atom. The summed E-state index contributed by atoms with van der Waals surface area (Å²) in [4.78, 5) is 8.47. The third kappa shape index (κ3) is 2.09. The quantitative estimate of drug-likeness (QED) is 0.796. The fourth-order valence-corrected chi connectivity index (χ4v) is 1.72. The van der Waals surface area contributed by atoms with Gasteiger partial charge in [-0.3, -0.25) is 9.97 Å². The Morgan fingerprint density at radius 1 is 1.31 bits per heavy atom. The molecule has 1 N–H and O–H groups in total. The molecule has 0 saturated carbocycles. The van der Waals surface area contributed by atoms with E-state index in [4.69, 9.17) is 0 Å². The lowest BCUT2D eigenvalue weighted by molar-refractivity contribution is 0.170. The second kappa shape index (κ2) is 4.86. The lowest BCUT2D eigenvalue weighted by atomic mass is 10.0. The monoisotopic (exact) mass is 214 g/mol. The average molecular weight is 214 g/mol. The molecular formula is C13H14N2O. The van der Waals surface area contributed by atoms with Crippen LogP contribution in [-0.4, -0.2) is 15.1 Å². The molecule has 16 heavy (non-hydrogen) atoms. The van der Waals surface area contributed by atoms with Crippen molar-refractivity contribution in [3.63, 3.8) is 0 Å². The van der Waals surface area contributed by atoms with Gasteiger partial charge in [0.1, 0.15) is 0 Å². The van der Waals surface area contributed by atoms with Crippen LogP contribution in [0.3, 0.4) is 0 Å². The molecule has 2 aromatic rings. The highest BCUT2D eigenvalue weighted by atomic mass is 16.3. The number of rotatable bonds is 4. The van der Waals surface area contributed by atoms with Crippen LogP contribution in [0, 0.1) is 0 Å². The van der Waals surface area contributed by atoms with Gasteiger partial charge in [-0.15, -0.1) is 6.58 Å². The summed E-state index contributed by atoms with van der Waals surface area (Å²) in [5.41, 5.74) is 2.44. The second-order valence-corrected chi connectivity index (χ2v) is 3.65. The Bertz CT molecular complexity index is 491. The molecule has 0 amide bonds. The maximum Gasteiger partial charge on any atom is 0.0944 e. The highest BCUT2D eigenvalue weighted by Crippen LogP contribution is 2.24. The number of fused-ring (bicyclic) bond motifs is 1. The number of benzene rings is 1. The molecule has 1 unspecified atom stereocenters. The summed E-state index contributed by atoms with van der Waals surface area (Å²) in [6, 6.07) is 5.68. The van der Waals surface area contributed by atoms with Gasteiger partial charge in [0.15, 0.2) is 0 Å². The first-order chi connectivity index (χ1) is 7.83. The van der Waals surface area contributed by atoms with E-state index in [1.54, 1.807) is 18.5 Å². The molecule has 0 fully saturated rings. The summed E-state index contributed by atoms with van der Waals surface area (Å²) in [5, 5.41) is 10.0. The summed E-state index contributed by atoms with van der Waals surface area (Å²) in [6.45, 7) is 3.65. The third-order valence-corrected chi connectivity index (χ3v) is 2.53. The lowest BCUT2D eigenvalue weighted by Crippen LogP contribution is -1.99. The van der Waals surface area contributed by atoms with E-state index < -0.39 is 6.10 Å². The van der Waals surface area contributed by atoms with E-state index in [2.05, 4.69) is 16.5 Å². The summed E-state index contributed by atoms with van der Waals surface area (Å²) < 4.78 is 0. The van der Waals surface area contributed by atoms with Crippen molar-refractivity contribution in [1.29, 1.82) is 0 Å². The van der Waals surface area contributed by atoms with Gasteiger partial charge in [-0.1, -0.05) is 18.2 Å². The predicted octanol–water partition coefficient (Wildman–Crippen LogP) is 2.63. The van der Waals surface area contributed by atoms with E-state index in [-0.39, 0.29) is 0 Å². The SMILES string of the molecule is C=CCCC(O)c1cccc2nccnc12. The molecule has 3 nitrogen and oxygen atoms in total. The molecule has 1 aromatic heterocycles. The molecule has 0 saturated heterocycles. The highest BCUT2D eigenvalue weighted by Gasteiger charge is 2.11. The van der Waals surface area contributed by atoms with Crippen molar-refractivity contribution in [3.8, 4) is 0 Å². The van der Waals surface area contributed by atoms with Crippen LogP contribution in [-0.2, 0) is 0 Å². The van der Waals surface area contributed by atoms with Crippen LogP contribution in [0.5, 0.6) is 0 Å². The van der Waals surface area contributed by atoms with Gasteiger partial charge in [-0.05, 0) is 18.9 Å². The lowest BCUT2D eigenvalue weighted by Gasteiger charge is -2.11. The van der Waals surface area contributed by atoms with Crippen LogP contribution in [0.15, 0.2) is 43.2 Å². The topological polar surface area (TPSA) is 46.0 Å². The molecule has 1 atom stereocenters. The Morgan fingerprint density at radius 2 is 2.12 bits per heavy atom. The van der Waals surface area contributed by atoms with Gasteiger partial charge in [-0.25, -0.2) is 0 Å². The molecule has 1 aromatic carbocycles. The minimum Gasteiger partial charge on any atom is -0.388 e. The normalized spacial score (nSPS) is 12.6. The van der Waals surface area contributed by atoms with Crippen molar-refractivity contribution in [2.75, 3.05) is 0 Å². The van der Waals surface area contributed by atoms with Crippen molar-refractivity contribution < 1.29 is 5.11 Å². The molecule has 0 bridgehead atoms. The van der Waals surface area contributed by atoms with E-state index in [0.717, 1.165) is 23.0 Å². The summed E-state index contributed by atoms with van der Waals surface area (Å²) in [5.74, 6) is 0. The third-order valence-electron chi connectivity index (χ3n) is 2.53. The molecule has 2 rings (SSSR count). The van der Waals surface area contributed by atoms with E-state index in [1.807, 2.05) is 18.2 Å². The number of aliphatic hydroxyl groups excluding tert-OH is 1. The molecule has 82 valence electrons. The summed E-state index contributed by atoms with van der Waals surface area (Å²) in [7, 11) is 0. The smallest absolute Gasteiger partial charge is 0.0944 e. The number of para-hydroxylation sites is 1. The van der Waals surface area contributed by atoms with Gasteiger partial charge in [0, 0.05) is 18.0 Å². The molecular weight excluding hydrogens is 200 g/mol. The molecule has 3 heteroatoms. The van der Waals surface area contributed by atoms with E-state index >= 15 is 0 Å². The number of hydrogen-bond donors (Lipinski definition) is 1. The molecule has 0 radical (unpaired) electrons. The zero-order valence-corrected chi connectivity index (χ0v) is 9.00. The Balaban J connectivity index is 2.39. The number of allylic oxidation sites excluding steroid dienone is 1. The van der Waals surface area contributed by atoms with Gasteiger partial charge in [0.25, 0.3) is 0 Å². The molecule has 0 aliphatic heterocycles. The molecule has 0 aliphatic carbocycles. The summed E-state index contributed by atoms with van der Waals surface area (Å²) >= 11 is 0. The maximum absolute atomic E-state index is 10.0. The van der Waals surface area contributed by atoms with Crippen LogP contribution in [0.2, 0.25) is 0 Å². The first-order valence-corrected chi connectivity index (χ1v) is 5.31. The predicted molar refractivity (Wildman–Crippen MR) is 63.9 cm³/mol. The Hall–Kier alpha value is -1.74. The molecule has 0 spiro atoms. The van der Waals surface area contributed by atoms with Crippen molar-refractivity contribution in [3.05, 3.63) is 48.8 Å². The van der Waals surface area contributed by atoms with Crippen LogP contribution < -0.4 is 0 Å². The van der Waals surface area contributed by atoms with Crippen molar-refractivity contribution >= 4 is 11.0 Å². The zero-order valence-electron chi connectivity index (χ0n) is 9.00. The average Bonchev–Trinajstić information content (AvgIpc) is 2.35. The van der Waals surface area contributed by atoms with Crippen LogP contribution in [0.4, 0.5) is 0 Å². The number of hydrogen-bond acceptors (Lipinski definition) is 3. The standard InChI is InChI=1S/C13H14N2O/c1-2-3-7-12(16)10-5-4-6-11-13(10)15-9-8-14-11/h2,4-6,8-9,12,16H,1,3,7H2. The van der Waals surface area contributed by atoms with Crippen LogP contribution in [0.1, 0.15) is 24.5 Å². The first kappa shape index (κ1) is 10.8. The van der Waals surface area contributed by atoms with Crippen molar-refractivity contribution in [2.45, 2.75) is 18.9 Å². The van der Waals surface area contributed by atoms with Gasteiger partial charge >= 0.3 is 0 Å². The van der Waals surface area contributed by atoms with E-state index in [1.165, 1.54) is 0 Å². The minimum absolute atomic E-state index is 0.501. The first-order valence-electron chi connectivity index (χ1n) is 5.31. The van der Waals surface area contributed by atoms with Gasteiger partial charge in [-0.2, -0.15) is 0 Å². The fourth-order valence-electron chi connectivity index (χ4n) is 1.72. The van der Waals surface area contributed by atoms with Crippen LogP contribution in [0.25, 0.3) is 11.0 Å². The van der Waals surface area contributed by atoms with E-state index in [9.17, 15) is 5.11 Å². The zero-order chi connectivity index (χ0) is 11.4. The Kier molecular flexibility index (Phi) is 3.27. The summed E-state index contributed by atoms with van der Waals surface area (Å²) in [6.07, 6.45) is 6.06. The number of aromatic nitrogens is 2. The number of aliphatic hydroxyl groups is 1. The van der Waals surface area contributed by atoms with Crippen molar-refractivity contribution in [2.24, 2.45) is 0 Å². The molecule has 0 aliphatic rings. The molecule has 1 heterocycles. The van der Waals surface area contributed by atoms with E-state index in [0.29, 0.717) is 6.42 Å². The highest BCUT2D eigenvalue weighted by molar-refractivity contribution is 5.77. The van der Waals surface area contributed by atoms with Crippen molar-refractivity contribution in [1.82, 2.24) is 9.97 Å². The minimum atomic E-state index is -0.501. The maximum atomic E-state index is 10.0. The van der Waals surface area contributed by atoms with Crippen LogP contribution >= 0.6 is 0 Å². The van der Waals surface area contributed by atoms with Gasteiger partial charge < -0.3 is 5.11 Å². The second-order valence-electron chi connectivity index (χ2n) is 3.65. The largest absolute Gasteiger partial charge is 0.388 e. The van der Waals surface area contributed by atoms with Gasteiger partial charge in [0.2, 0.25) is 0 Å². The Labute approximate surface area is 94.5 Å².